The minimum Gasteiger partial charge on any atom is -0.497 e. The lowest BCUT2D eigenvalue weighted by Crippen LogP contribution is -2.41. The molecule has 1 amide bonds. The van der Waals surface area contributed by atoms with E-state index in [1.165, 1.54) is 19.1 Å². The fraction of sp³-hybridized carbons (Fsp3) is 0.286. The minimum absolute atomic E-state index is 0.0832. The molecule has 3 rings (SSSR count). The SMILES string of the molecule is COc1ccc(C2ON(S(=O)(=O)c3ccc(NC(C)=O)cc3)C(C)C=C2C)cc1. The van der Waals surface area contributed by atoms with Crippen LogP contribution in [0.1, 0.15) is 32.4 Å². The predicted molar refractivity (Wildman–Crippen MR) is 110 cm³/mol. The normalized spacial score (nSPS) is 20.1. The first kappa shape index (κ1) is 21.0. The quantitative estimate of drug-likeness (QED) is 0.752. The third-order valence-electron chi connectivity index (χ3n) is 4.59. The molecular formula is C21H24N2O5S. The average molecular weight is 416 g/mol. The number of nitrogens with one attached hydrogen (secondary N) is 1. The number of anilines is 1. The maximum absolute atomic E-state index is 13.2. The Labute approximate surface area is 170 Å². The lowest BCUT2D eigenvalue weighted by molar-refractivity contribution is -0.143. The summed E-state index contributed by atoms with van der Waals surface area (Å²) >= 11 is 0. The van der Waals surface area contributed by atoms with Gasteiger partial charge in [0.1, 0.15) is 11.9 Å². The van der Waals surface area contributed by atoms with Crippen molar-refractivity contribution in [1.82, 2.24) is 4.47 Å². The number of amides is 1. The molecule has 0 spiro atoms. The largest absolute Gasteiger partial charge is 0.497 e. The molecule has 0 aliphatic carbocycles. The molecule has 154 valence electrons. The molecule has 0 fully saturated rings. The summed E-state index contributed by atoms with van der Waals surface area (Å²) in [5.41, 5.74) is 2.28. The van der Waals surface area contributed by atoms with E-state index in [9.17, 15) is 13.2 Å². The van der Waals surface area contributed by atoms with Gasteiger partial charge in [-0.1, -0.05) is 22.7 Å². The second-order valence-corrected chi connectivity index (χ2v) is 8.66. The van der Waals surface area contributed by atoms with Crippen LogP contribution in [0.25, 0.3) is 0 Å². The molecule has 2 aromatic carbocycles. The zero-order valence-electron chi connectivity index (χ0n) is 16.7. The predicted octanol–water partition coefficient (Wildman–Crippen LogP) is 3.67. The molecule has 0 saturated heterocycles. The Morgan fingerprint density at radius 1 is 1.10 bits per heavy atom. The minimum atomic E-state index is -3.90. The summed E-state index contributed by atoms with van der Waals surface area (Å²) in [5.74, 6) is 0.486. The molecule has 8 heteroatoms. The maximum atomic E-state index is 13.2. The number of methoxy groups -OCH3 is 1. The summed E-state index contributed by atoms with van der Waals surface area (Å²) in [6.45, 7) is 5.07. The number of ether oxygens (including phenoxy) is 1. The highest BCUT2D eigenvalue weighted by Gasteiger charge is 2.36. The van der Waals surface area contributed by atoms with Crippen LogP contribution in [0.5, 0.6) is 5.75 Å². The first-order valence-electron chi connectivity index (χ1n) is 9.13. The highest BCUT2D eigenvalue weighted by atomic mass is 32.2. The number of carbonyl (C=O) groups excluding carboxylic acids is 1. The zero-order chi connectivity index (χ0) is 21.2. The van der Waals surface area contributed by atoms with E-state index in [1.807, 2.05) is 37.3 Å². The van der Waals surface area contributed by atoms with Crippen LogP contribution >= 0.6 is 0 Å². The molecule has 29 heavy (non-hydrogen) atoms. The molecular weight excluding hydrogens is 392 g/mol. The van der Waals surface area contributed by atoms with Gasteiger partial charge in [-0.25, -0.2) is 8.42 Å². The van der Waals surface area contributed by atoms with Crippen LogP contribution in [0.3, 0.4) is 0 Å². The van der Waals surface area contributed by atoms with Crippen LogP contribution in [-0.4, -0.2) is 31.9 Å². The van der Waals surface area contributed by atoms with Crippen molar-refractivity contribution < 1.29 is 22.8 Å². The van der Waals surface area contributed by atoms with Crippen LogP contribution in [0.15, 0.2) is 65.1 Å². The van der Waals surface area contributed by atoms with E-state index >= 15 is 0 Å². The van der Waals surface area contributed by atoms with E-state index in [4.69, 9.17) is 9.57 Å². The van der Waals surface area contributed by atoms with Gasteiger partial charge in [-0.3, -0.25) is 9.63 Å². The summed E-state index contributed by atoms with van der Waals surface area (Å²) in [6, 6.07) is 12.8. The molecule has 2 aromatic rings. The summed E-state index contributed by atoms with van der Waals surface area (Å²) in [4.78, 5) is 17.2. The van der Waals surface area contributed by atoms with E-state index in [1.54, 1.807) is 26.2 Å². The number of carbonyl (C=O) groups is 1. The van der Waals surface area contributed by atoms with Gasteiger partial charge in [-0.05, 0) is 61.4 Å². The number of sulfonamides is 1. The topological polar surface area (TPSA) is 84.9 Å². The lowest BCUT2D eigenvalue weighted by Gasteiger charge is -2.35. The Balaban J connectivity index is 1.89. The molecule has 1 heterocycles. The average Bonchev–Trinajstić information content (AvgIpc) is 2.68. The maximum Gasteiger partial charge on any atom is 0.265 e. The number of hydrogen-bond donors (Lipinski definition) is 1. The first-order valence-corrected chi connectivity index (χ1v) is 10.6. The van der Waals surface area contributed by atoms with Gasteiger partial charge in [0.05, 0.1) is 18.0 Å². The van der Waals surface area contributed by atoms with E-state index in [2.05, 4.69) is 5.32 Å². The number of hydrogen-bond acceptors (Lipinski definition) is 5. The molecule has 7 nitrogen and oxygen atoms in total. The van der Waals surface area contributed by atoms with Crippen molar-refractivity contribution in [3.63, 3.8) is 0 Å². The number of benzene rings is 2. The Morgan fingerprint density at radius 3 is 2.28 bits per heavy atom. The molecule has 0 saturated carbocycles. The molecule has 0 aromatic heterocycles. The number of rotatable bonds is 5. The Bertz CT molecular complexity index is 1010. The van der Waals surface area contributed by atoms with Gasteiger partial charge in [0.2, 0.25) is 5.91 Å². The standard InChI is InChI=1S/C21H24N2O5S/c1-14-13-15(2)23(28-21(14)17-5-9-19(27-4)10-6-17)29(25,26)20-11-7-18(8-12-20)22-16(3)24/h5-13,15,21H,1-4H3,(H,22,24). The Kier molecular flexibility index (Phi) is 6.07. The molecule has 1 aliphatic rings. The second kappa shape index (κ2) is 8.36. The van der Waals surface area contributed by atoms with Crippen molar-refractivity contribution in [3.8, 4) is 5.75 Å². The van der Waals surface area contributed by atoms with Crippen LogP contribution < -0.4 is 10.1 Å². The first-order chi connectivity index (χ1) is 13.7. The smallest absolute Gasteiger partial charge is 0.265 e. The molecule has 1 N–H and O–H groups in total. The van der Waals surface area contributed by atoms with Gasteiger partial charge in [-0.2, -0.15) is 0 Å². The number of hydroxylamine groups is 1. The van der Waals surface area contributed by atoms with Crippen molar-refractivity contribution in [2.45, 2.75) is 37.8 Å². The van der Waals surface area contributed by atoms with E-state index in [0.717, 1.165) is 15.6 Å². The van der Waals surface area contributed by atoms with Gasteiger partial charge in [-0.15, -0.1) is 0 Å². The van der Waals surface area contributed by atoms with Gasteiger partial charge in [0, 0.05) is 12.6 Å². The molecule has 0 bridgehead atoms. The van der Waals surface area contributed by atoms with Crippen molar-refractivity contribution in [3.05, 3.63) is 65.7 Å². The second-order valence-electron chi connectivity index (χ2n) is 6.88. The lowest BCUT2D eigenvalue weighted by atomic mass is 10.00. The Hall–Kier alpha value is -2.68. The third kappa shape index (κ3) is 4.50. The molecule has 0 radical (unpaired) electrons. The summed E-state index contributed by atoms with van der Waals surface area (Å²) in [5, 5.41) is 2.62. The molecule has 2 unspecified atom stereocenters. The van der Waals surface area contributed by atoms with E-state index in [0.29, 0.717) is 11.4 Å². The molecule has 1 aliphatic heterocycles. The number of nitrogens with zero attached hydrogens (tertiary/aromatic N) is 1. The van der Waals surface area contributed by atoms with Crippen molar-refractivity contribution in [2.24, 2.45) is 0 Å². The Morgan fingerprint density at radius 2 is 1.72 bits per heavy atom. The van der Waals surface area contributed by atoms with Gasteiger partial charge < -0.3 is 10.1 Å². The van der Waals surface area contributed by atoms with Crippen molar-refractivity contribution in [1.29, 1.82) is 0 Å². The fourth-order valence-corrected chi connectivity index (χ4v) is 4.59. The van der Waals surface area contributed by atoms with E-state index in [-0.39, 0.29) is 10.8 Å². The van der Waals surface area contributed by atoms with E-state index < -0.39 is 22.2 Å². The molecule has 2 atom stereocenters. The van der Waals surface area contributed by atoms with Gasteiger partial charge >= 0.3 is 0 Å². The van der Waals surface area contributed by atoms with Crippen LogP contribution in [0.4, 0.5) is 5.69 Å². The fourth-order valence-electron chi connectivity index (χ4n) is 3.21. The van der Waals surface area contributed by atoms with Gasteiger partial charge in [0.25, 0.3) is 10.0 Å². The van der Waals surface area contributed by atoms with Crippen LogP contribution in [-0.2, 0) is 19.7 Å². The summed E-state index contributed by atoms with van der Waals surface area (Å²) in [7, 11) is -2.32. The summed E-state index contributed by atoms with van der Waals surface area (Å²) in [6.07, 6.45) is 1.35. The monoisotopic (exact) mass is 416 g/mol. The van der Waals surface area contributed by atoms with Crippen LogP contribution in [0, 0.1) is 0 Å². The highest BCUT2D eigenvalue weighted by Crippen LogP contribution is 2.35. The highest BCUT2D eigenvalue weighted by molar-refractivity contribution is 7.89. The summed E-state index contributed by atoms with van der Waals surface area (Å²) < 4.78 is 32.6. The zero-order valence-corrected chi connectivity index (χ0v) is 17.6. The van der Waals surface area contributed by atoms with Crippen molar-refractivity contribution >= 4 is 21.6 Å². The van der Waals surface area contributed by atoms with Gasteiger partial charge in [0.15, 0.2) is 0 Å². The van der Waals surface area contributed by atoms with Crippen molar-refractivity contribution in [2.75, 3.05) is 12.4 Å². The van der Waals surface area contributed by atoms with Crippen LogP contribution in [0.2, 0.25) is 0 Å². The third-order valence-corrected chi connectivity index (χ3v) is 6.35.